The molecule has 2 aromatic carbocycles. The molecule has 2 nitrogen and oxygen atoms in total. The summed E-state index contributed by atoms with van der Waals surface area (Å²) in [6.45, 7) is 0. The Balaban J connectivity index is 2.19. The standard InChI is InChI=1S/C17H20N2/c18-14-6-8-16-12(10-14)4-2-1-3-5-13-11-15(19)7-9-17(13)16/h6-11H,1-5,18-19H2. The first-order valence-electron chi connectivity index (χ1n) is 7.01. The summed E-state index contributed by atoms with van der Waals surface area (Å²) in [7, 11) is 0. The van der Waals surface area contributed by atoms with Gasteiger partial charge in [-0.05, 0) is 72.2 Å². The normalized spacial score (nSPS) is 14.7. The van der Waals surface area contributed by atoms with Crippen molar-refractivity contribution in [3.8, 4) is 11.1 Å². The average molecular weight is 252 g/mol. The molecule has 98 valence electrons. The van der Waals surface area contributed by atoms with E-state index < -0.39 is 0 Å². The fraction of sp³-hybridized carbons (Fsp3) is 0.294. The second kappa shape index (κ2) is 4.96. The summed E-state index contributed by atoms with van der Waals surface area (Å²) in [5.41, 5.74) is 19.0. The van der Waals surface area contributed by atoms with E-state index in [9.17, 15) is 0 Å². The van der Waals surface area contributed by atoms with Gasteiger partial charge in [0.05, 0.1) is 0 Å². The molecule has 0 radical (unpaired) electrons. The Labute approximate surface area is 114 Å². The largest absolute Gasteiger partial charge is 0.399 e. The molecule has 1 aliphatic carbocycles. The summed E-state index contributed by atoms with van der Waals surface area (Å²) in [6.07, 6.45) is 5.97. The summed E-state index contributed by atoms with van der Waals surface area (Å²) in [5, 5.41) is 0. The molecule has 0 atom stereocenters. The van der Waals surface area contributed by atoms with Crippen LogP contribution in [0.1, 0.15) is 30.4 Å². The van der Waals surface area contributed by atoms with Gasteiger partial charge in [-0.3, -0.25) is 0 Å². The monoisotopic (exact) mass is 252 g/mol. The lowest BCUT2D eigenvalue weighted by molar-refractivity contribution is 0.683. The second-order valence-corrected chi connectivity index (χ2v) is 5.39. The molecular weight excluding hydrogens is 232 g/mol. The molecule has 19 heavy (non-hydrogen) atoms. The molecule has 4 N–H and O–H groups in total. The number of rotatable bonds is 0. The van der Waals surface area contributed by atoms with E-state index in [0.717, 1.165) is 24.2 Å². The molecule has 1 aliphatic rings. The summed E-state index contributed by atoms with van der Waals surface area (Å²) >= 11 is 0. The van der Waals surface area contributed by atoms with Crippen molar-refractivity contribution >= 4 is 11.4 Å². The number of hydrogen-bond donors (Lipinski definition) is 2. The van der Waals surface area contributed by atoms with Crippen molar-refractivity contribution in [2.24, 2.45) is 0 Å². The molecule has 0 heterocycles. The van der Waals surface area contributed by atoms with Gasteiger partial charge in [0.2, 0.25) is 0 Å². The van der Waals surface area contributed by atoms with E-state index in [4.69, 9.17) is 11.5 Å². The van der Waals surface area contributed by atoms with Crippen LogP contribution in [-0.4, -0.2) is 0 Å². The van der Waals surface area contributed by atoms with Gasteiger partial charge in [0.1, 0.15) is 0 Å². The number of anilines is 2. The van der Waals surface area contributed by atoms with Crippen molar-refractivity contribution in [3.63, 3.8) is 0 Å². The zero-order chi connectivity index (χ0) is 13.2. The van der Waals surface area contributed by atoms with Crippen LogP contribution in [0.4, 0.5) is 11.4 Å². The van der Waals surface area contributed by atoms with Crippen LogP contribution >= 0.6 is 0 Å². The molecule has 0 unspecified atom stereocenters. The van der Waals surface area contributed by atoms with Crippen LogP contribution in [0.5, 0.6) is 0 Å². The summed E-state index contributed by atoms with van der Waals surface area (Å²) in [4.78, 5) is 0. The molecule has 0 bridgehead atoms. The average Bonchev–Trinajstić information content (AvgIpc) is 2.47. The lowest BCUT2D eigenvalue weighted by atomic mass is 9.92. The molecule has 0 fully saturated rings. The minimum Gasteiger partial charge on any atom is -0.399 e. The van der Waals surface area contributed by atoms with Gasteiger partial charge >= 0.3 is 0 Å². The predicted molar refractivity (Wildman–Crippen MR) is 82.0 cm³/mol. The third kappa shape index (κ3) is 2.43. The minimum atomic E-state index is 0.856. The zero-order valence-corrected chi connectivity index (χ0v) is 11.2. The Bertz CT molecular complexity index is 549. The third-order valence-electron chi connectivity index (χ3n) is 3.94. The van der Waals surface area contributed by atoms with Crippen LogP contribution in [0.2, 0.25) is 0 Å². The van der Waals surface area contributed by atoms with E-state index in [1.807, 2.05) is 12.1 Å². The second-order valence-electron chi connectivity index (χ2n) is 5.39. The number of fused-ring (bicyclic) bond motifs is 3. The topological polar surface area (TPSA) is 52.0 Å². The van der Waals surface area contributed by atoms with Gasteiger partial charge in [0.15, 0.2) is 0 Å². The Morgan fingerprint density at radius 3 is 1.58 bits per heavy atom. The Hall–Kier alpha value is -1.96. The summed E-state index contributed by atoms with van der Waals surface area (Å²) in [5.74, 6) is 0. The van der Waals surface area contributed by atoms with E-state index in [1.54, 1.807) is 0 Å². The van der Waals surface area contributed by atoms with Crippen LogP contribution in [0.15, 0.2) is 36.4 Å². The van der Waals surface area contributed by atoms with Crippen molar-refractivity contribution in [3.05, 3.63) is 47.5 Å². The van der Waals surface area contributed by atoms with Crippen LogP contribution in [0.3, 0.4) is 0 Å². The highest BCUT2D eigenvalue weighted by Crippen LogP contribution is 2.33. The minimum absolute atomic E-state index is 0.856. The van der Waals surface area contributed by atoms with Crippen molar-refractivity contribution in [2.45, 2.75) is 32.1 Å². The van der Waals surface area contributed by atoms with Gasteiger partial charge in [-0.15, -0.1) is 0 Å². The zero-order valence-electron chi connectivity index (χ0n) is 11.2. The maximum atomic E-state index is 5.94. The van der Waals surface area contributed by atoms with Gasteiger partial charge in [-0.1, -0.05) is 18.6 Å². The van der Waals surface area contributed by atoms with E-state index in [2.05, 4.69) is 24.3 Å². The quantitative estimate of drug-likeness (QED) is 0.701. The number of nitrogen functional groups attached to an aromatic ring is 2. The maximum absolute atomic E-state index is 5.94. The van der Waals surface area contributed by atoms with Gasteiger partial charge in [0.25, 0.3) is 0 Å². The highest BCUT2D eigenvalue weighted by molar-refractivity contribution is 5.74. The Morgan fingerprint density at radius 1 is 0.632 bits per heavy atom. The van der Waals surface area contributed by atoms with Gasteiger partial charge in [-0.25, -0.2) is 0 Å². The van der Waals surface area contributed by atoms with E-state index in [1.165, 1.54) is 41.5 Å². The summed E-state index contributed by atoms with van der Waals surface area (Å²) < 4.78 is 0. The van der Waals surface area contributed by atoms with Gasteiger partial charge in [0, 0.05) is 11.4 Å². The molecule has 0 aliphatic heterocycles. The van der Waals surface area contributed by atoms with Crippen LogP contribution in [-0.2, 0) is 12.8 Å². The molecular formula is C17H20N2. The molecule has 2 heteroatoms. The molecule has 0 spiro atoms. The molecule has 3 rings (SSSR count). The van der Waals surface area contributed by atoms with Crippen LogP contribution in [0, 0.1) is 0 Å². The lowest BCUT2D eigenvalue weighted by Gasteiger charge is -2.13. The van der Waals surface area contributed by atoms with Crippen molar-refractivity contribution in [2.75, 3.05) is 11.5 Å². The first-order valence-corrected chi connectivity index (χ1v) is 7.01. The number of benzene rings is 2. The van der Waals surface area contributed by atoms with Crippen LogP contribution < -0.4 is 11.5 Å². The Kier molecular flexibility index (Phi) is 3.16. The maximum Gasteiger partial charge on any atom is 0.0317 e. The first-order chi connectivity index (χ1) is 9.24. The molecule has 0 aromatic heterocycles. The smallest absolute Gasteiger partial charge is 0.0317 e. The lowest BCUT2D eigenvalue weighted by Crippen LogP contribution is -1.96. The van der Waals surface area contributed by atoms with E-state index >= 15 is 0 Å². The van der Waals surface area contributed by atoms with Crippen LogP contribution in [0.25, 0.3) is 11.1 Å². The number of nitrogens with two attached hydrogens (primary N) is 2. The van der Waals surface area contributed by atoms with Crippen molar-refractivity contribution in [1.82, 2.24) is 0 Å². The van der Waals surface area contributed by atoms with Gasteiger partial charge < -0.3 is 11.5 Å². The van der Waals surface area contributed by atoms with Gasteiger partial charge in [-0.2, -0.15) is 0 Å². The predicted octanol–water partition coefficient (Wildman–Crippen LogP) is 3.79. The molecule has 0 amide bonds. The van der Waals surface area contributed by atoms with E-state index in [-0.39, 0.29) is 0 Å². The van der Waals surface area contributed by atoms with E-state index in [0.29, 0.717) is 0 Å². The Morgan fingerprint density at radius 2 is 1.11 bits per heavy atom. The summed E-state index contributed by atoms with van der Waals surface area (Å²) in [6, 6.07) is 12.6. The molecule has 0 saturated heterocycles. The molecule has 2 aromatic rings. The first kappa shape index (κ1) is 12.1. The fourth-order valence-electron chi connectivity index (χ4n) is 2.97. The highest BCUT2D eigenvalue weighted by atomic mass is 14.5. The number of hydrogen-bond acceptors (Lipinski definition) is 2. The SMILES string of the molecule is Nc1ccc2c(c1)CCCCCc1cc(N)ccc1-2. The van der Waals surface area contributed by atoms with Crippen molar-refractivity contribution in [1.29, 1.82) is 0 Å². The number of aryl methyl sites for hydroxylation is 2. The highest BCUT2D eigenvalue weighted by Gasteiger charge is 2.12. The fourth-order valence-corrected chi connectivity index (χ4v) is 2.97. The third-order valence-corrected chi connectivity index (χ3v) is 3.94. The molecule has 0 saturated carbocycles. The van der Waals surface area contributed by atoms with Crippen molar-refractivity contribution < 1.29 is 0 Å².